The molecule has 0 radical (unpaired) electrons. The summed E-state index contributed by atoms with van der Waals surface area (Å²) >= 11 is 0. The number of benzene rings is 2. The molecular weight excluding hydrogens is 344 g/mol. The van der Waals surface area contributed by atoms with E-state index >= 15 is 0 Å². The van der Waals surface area contributed by atoms with Crippen LogP contribution in [0.5, 0.6) is 0 Å². The molecule has 28 heavy (non-hydrogen) atoms. The summed E-state index contributed by atoms with van der Waals surface area (Å²) in [5.74, 6) is 1.36. The Morgan fingerprint density at radius 1 is 0.857 bits per heavy atom. The number of para-hydroxylation sites is 1. The summed E-state index contributed by atoms with van der Waals surface area (Å²) in [5.41, 5.74) is 6.31. The topological polar surface area (TPSA) is 44.6 Å². The third kappa shape index (κ3) is 2.97. The second-order valence-corrected chi connectivity index (χ2v) is 8.88. The number of hydrogen-bond acceptors (Lipinski definition) is 3. The number of hydrazone groups is 1. The van der Waals surface area contributed by atoms with Gasteiger partial charge in [0.2, 0.25) is 0 Å². The maximum atomic E-state index is 12.0. The monoisotopic (exact) mass is 374 g/mol. The van der Waals surface area contributed by atoms with Crippen molar-refractivity contribution < 1.29 is 5.11 Å². The molecule has 3 heteroatoms. The maximum absolute atomic E-state index is 12.0. The molecule has 3 aliphatic carbocycles. The van der Waals surface area contributed by atoms with E-state index in [1.165, 1.54) is 30.5 Å². The zero-order valence-electron chi connectivity index (χ0n) is 16.4. The van der Waals surface area contributed by atoms with Crippen molar-refractivity contribution in [1.29, 1.82) is 0 Å². The van der Waals surface area contributed by atoms with Crippen LogP contribution >= 0.6 is 0 Å². The van der Waals surface area contributed by atoms with E-state index in [1.54, 1.807) is 0 Å². The first kappa shape index (κ1) is 17.9. The summed E-state index contributed by atoms with van der Waals surface area (Å²) in [5, 5.41) is 16.9. The number of anilines is 1. The van der Waals surface area contributed by atoms with Crippen LogP contribution in [0, 0.1) is 17.8 Å². The minimum atomic E-state index is -0.604. The van der Waals surface area contributed by atoms with Crippen LogP contribution in [0.3, 0.4) is 0 Å². The molecule has 0 aromatic heterocycles. The predicted octanol–water partition coefficient (Wildman–Crippen LogP) is 5.59. The van der Waals surface area contributed by atoms with E-state index in [0.717, 1.165) is 31.4 Å². The molecule has 3 saturated carbocycles. The number of hydrogen-bond donors (Lipinski definition) is 2. The number of nitrogens with zero attached hydrogens (tertiary/aromatic N) is 1. The van der Waals surface area contributed by atoms with Gasteiger partial charge in [-0.05, 0) is 55.2 Å². The average Bonchev–Trinajstić information content (AvgIpc) is 2.75. The molecule has 2 aromatic rings. The van der Waals surface area contributed by atoms with Crippen molar-refractivity contribution in [2.24, 2.45) is 22.9 Å². The Kier molecular flexibility index (Phi) is 4.72. The molecule has 5 atom stereocenters. The Bertz CT molecular complexity index is 834. The minimum Gasteiger partial charge on any atom is -0.389 e. The normalized spacial score (nSPS) is 36.0. The van der Waals surface area contributed by atoms with Gasteiger partial charge in [-0.2, -0.15) is 5.10 Å². The van der Waals surface area contributed by atoms with Gasteiger partial charge in [-0.25, -0.2) is 0 Å². The lowest BCUT2D eigenvalue weighted by Gasteiger charge is -2.57. The van der Waals surface area contributed by atoms with E-state index in [4.69, 9.17) is 5.10 Å². The molecule has 3 fully saturated rings. The summed E-state index contributed by atoms with van der Waals surface area (Å²) in [6, 6.07) is 21.1. The van der Waals surface area contributed by atoms with Crippen LogP contribution in [0.4, 0.5) is 5.69 Å². The summed E-state index contributed by atoms with van der Waals surface area (Å²) < 4.78 is 0. The molecule has 0 amide bonds. The molecule has 3 nitrogen and oxygen atoms in total. The van der Waals surface area contributed by atoms with Crippen LogP contribution < -0.4 is 5.43 Å². The molecule has 0 spiro atoms. The molecule has 0 aliphatic heterocycles. The standard InChI is InChI=1S/C25H30N2O/c28-25-17-8-7-15-21(25)23(18-10-3-1-4-11-18)20-14-9-16-22(25)24(20)27-26-19-12-5-2-6-13-19/h1-6,10-13,20-23,26,28H,7-9,14-17H2/t20-,21+,22-,23-,25+/m0/s1. The summed E-state index contributed by atoms with van der Waals surface area (Å²) in [6.45, 7) is 0. The highest BCUT2D eigenvalue weighted by atomic mass is 16.3. The first-order chi connectivity index (χ1) is 13.8. The Labute approximate surface area is 167 Å². The Morgan fingerprint density at radius 3 is 2.39 bits per heavy atom. The molecule has 146 valence electrons. The van der Waals surface area contributed by atoms with Crippen molar-refractivity contribution in [3.05, 3.63) is 66.2 Å². The van der Waals surface area contributed by atoms with E-state index in [1.807, 2.05) is 18.2 Å². The van der Waals surface area contributed by atoms with E-state index in [0.29, 0.717) is 17.8 Å². The summed E-state index contributed by atoms with van der Waals surface area (Å²) in [4.78, 5) is 0. The number of rotatable bonds is 3. The third-order valence-electron chi connectivity index (χ3n) is 7.47. The van der Waals surface area contributed by atoms with E-state index in [9.17, 15) is 5.11 Å². The van der Waals surface area contributed by atoms with Crippen LogP contribution in [0.2, 0.25) is 0 Å². The molecule has 2 N–H and O–H groups in total. The van der Waals surface area contributed by atoms with Gasteiger partial charge < -0.3 is 5.11 Å². The van der Waals surface area contributed by atoms with Crippen molar-refractivity contribution in [2.75, 3.05) is 5.43 Å². The molecule has 2 bridgehead atoms. The van der Waals surface area contributed by atoms with E-state index in [2.05, 4.69) is 47.9 Å². The van der Waals surface area contributed by atoms with Gasteiger partial charge in [0.25, 0.3) is 0 Å². The first-order valence-electron chi connectivity index (χ1n) is 10.9. The van der Waals surface area contributed by atoms with Gasteiger partial charge in [-0.15, -0.1) is 0 Å². The van der Waals surface area contributed by atoms with Crippen molar-refractivity contribution in [2.45, 2.75) is 56.5 Å². The van der Waals surface area contributed by atoms with Crippen LogP contribution in [-0.2, 0) is 0 Å². The SMILES string of the molecule is O[C@]12CCCC[C@@H]1[C@@H](c1ccccc1)[C@@H]1CCC[C@H]2C1=NNc1ccccc1. The van der Waals surface area contributed by atoms with Crippen LogP contribution in [0.25, 0.3) is 0 Å². The highest BCUT2D eigenvalue weighted by Crippen LogP contribution is 2.58. The van der Waals surface area contributed by atoms with Crippen molar-refractivity contribution in [3.63, 3.8) is 0 Å². The molecule has 2 aromatic carbocycles. The average molecular weight is 375 g/mol. The molecule has 0 unspecified atom stereocenters. The molecule has 3 aliphatic rings. The van der Waals surface area contributed by atoms with Crippen molar-refractivity contribution in [3.8, 4) is 0 Å². The summed E-state index contributed by atoms with van der Waals surface area (Å²) in [7, 11) is 0. The second kappa shape index (κ2) is 7.36. The van der Waals surface area contributed by atoms with Crippen molar-refractivity contribution in [1.82, 2.24) is 0 Å². The lowest BCUT2D eigenvalue weighted by Crippen LogP contribution is -2.60. The number of nitrogens with one attached hydrogen (secondary N) is 1. The van der Waals surface area contributed by atoms with Crippen LogP contribution in [0.15, 0.2) is 65.8 Å². The predicted molar refractivity (Wildman–Crippen MR) is 114 cm³/mol. The Balaban J connectivity index is 1.57. The first-order valence-corrected chi connectivity index (χ1v) is 10.9. The lowest BCUT2D eigenvalue weighted by molar-refractivity contribution is -0.110. The van der Waals surface area contributed by atoms with Crippen molar-refractivity contribution >= 4 is 11.4 Å². The third-order valence-corrected chi connectivity index (χ3v) is 7.47. The number of fused-ring (bicyclic) bond motifs is 4. The Morgan fingerprint density at radius 2 is 1.61 bits per heavy atom. The zero-order chi connectivity index (χ0) is 19.0. The molecule has 5 rings (SSSR count). The fraction of sp³-hybridized carbons (Fsp3) is 0.480. The van der Waals surface area contributed by atoms with Gasteiger partial charge in [-0.3, -0.25) is 5.43 Å². The van der Waals surface area contributed by atoms with Gasteiger partial charge in [0, 0.05) is 17.5 Å². The minimum absolute atomic E-state index is 0.202. The fourth-order valence-electron chi connectivity index (χ4n) is 6.32. The van der Waals surface area contributed by atoms with Gasteiger partial charge in [0.15, 0.2) is 0 Å². The highest BCUT2D eigenvalue weighted by Gasteiger charge is 2.58. The maximum Gasteiger partial charge on any atom is 0.0762 e. The van der Waals surface area contributed by atoms with Gasteiger partial charge in [0.1, 0.15) is 0 Å². The molecule has 0 saturated heterocycles. The lowest BCUT2D eigenvalue weighted by atomic mass is 9.49. The highest BCUT2D eigenvalue weighted by molar-refractivity contribution is 5.93. The fourth-order valence-corrected chi connectivity index (χ4v) is 6.32. The quantitative estimate of drug-likeness (QED) is 0.688. The number of aliphatic hydroxyl groups is 1. The molecule has 0 heterocycles. The summed E-state index contributed by atoms with van der Waals surface area (Å²) in [6.07, 6.45) is 7.88. The van der Waals surface area contributed by atoms with Gasteiger partial charge in [0.05, 0.1) is 11.3 Å². The van der Waals surface area contributed by atoms with Gasteiger partial charge in [-0.1, -0.05) is 67.8 Å². The largest absolute Gasteiger partial charge is 0.389 e. The zero-order valence-corrected chi connectivity index (χ0v) is 16.4. The Hall–Kier alpha value is -2.13. The molecular formula is C25H30N2O. The second-order valence-electron chi connectivity index (χ2n) is 8.88. The van der Waals surface area contributed by atoms with E-state index in [-0.39, 0.29) is 5.92 Å². The van der Waals surface area contributed by atoms with Crippen LogP contribution in [0.1, 0.15) is 56.4 Å². The van der Waals surface area contributed by atoms with E-state index < -0.39 is 5.60 Å². The van der Waals surface area contributed by atoms with Crippen LogP contribution in [-0.4, -0.2) is 16.4 Å². The van der Waals surface area contributed by atoms with Gasteiger partial charge >= 0.3 is 0 Å². The smallest absolute Gasteiger partial charge is 0.0762 e.